The van der Waals surface area contributed by atoms with Gasteiger partial charge in [-0.05, 0) is 54.2 Å². The molecule has 0 unspecified atom stereocenters. The maximum absolute atomic E-state index is 14.6. The summed E-state index contributed by atoms with van der Waals surface area (Å²) in [6.07, 6.45) is 5.51. The molecular formula is C26H24FN5O2. The molecule has 3 aromatic heterocycles. The molecule has 6 rings (SSSR count). The van der Waals surface area contributed by atoms with Gasteiger partial charge < -0.3 is 5.32 Å². The number of rotatable bonds is 5. The first-order chi connectivity index (χ1) is 16.5. The Hall–Kier alpha value is -3.65. The third-order valence-electron chi connectivity index (χ3n) is 7.09. The number of nitrogens with one attached hydrogen (secondary N) is 1. The van der Waals surface area contributed by atoms with Crippen LogP contribution in [0, 0.1) is 11.4 Å². The van der Waals surface area contributed by atoms with Crippen molar-refractivity contribution in [3.05, 3.63) is 87.9 Å². The number of amides is 1. The molecule has 1 amide bonds. The first-order valence-electron chi connectivity index (χ1n) is 11.6. The molecule has 4 aromatic rings. The van der Waals surface area contributed by atoms with Gasteiger partial charge in [-0.3, -0.25) is 18.9 Å². The lowest BCUT2D eigenvalue weighted by Crippen LogP contribution is -2.59. The van der Waals surface area contributed by atoms with Crippen molar-refractivity contribution in [1.82, 2.24) is 24.6 Å². The van der Waals surface area contributed by atoms with E-state index >= 15 is 0 Å². The van der Waals surface area contributed by atoms with Gasteiger partial charge in [-0.15, -0.1) is 0 Å². The molecule has 1 aliphatic heterocycles. The first-order valence-corrected chi connectivity index (χ1v) is 11.6. The number of halogens is 1. The van der Waals surface area contributed by atoms with Gasteiger partial charge in [0.05, 0.1) is 5.52 Å². The molecule has 34 heavy (non-hydrogen) atoms. The molecule has 2 aliphatic rings. The van der Waals surface area contributed by atoms with Crippen LogP contribution in [0.2, 0.25) is 0 Å². The van der Waals surface area contributed by atoms with Crippen LogP contribution in [0.25, 0.3) is 16.6 Å². The van der Waals surface area contributed by atoms with E-state index in [-0.39, 0.29) is 17.8 Å². The van der Waals surface area contributed by atoms with E-state index in [2.05, 4.69) is 20.2 Å². The zero-order chi connectivity index (χ0) is 23.3. The highest BCUT2D eigenvalue weighted by Gasteiger charge is 2.46. The molecule has 1 aliphatic carbocycles. The van der Waals surface area contributed by atoms with Crippen LogP contribution in [0.3, 0.4) is 0 Å². The Morgan fingerprint density at radius 2 is 1.94 bits per heavy atom. The summed E-state index contributed by atoms with van der Waals surface area (Å²) in [6, 6.07) is 13.7. The summed E-state index contributed by atoms with van der Waals surface area (Å²) in [6.45, 7) is 2.92. The van der Waals surface area contributed by atoms with E-state index in [1.807, 2.05) is 18.2 Å². The Labute approximate surface area is 195 Å². The summed E-state index contributed by atoms with van der Waals surface area (Å²) in [7, 11) is 0. The van der Waals surface area contributed by atoms with Crippen molar-refractivity contribution >= 4 is 22.5 Å². The van der Waals surface area contributed by atoms with Gasteiger partial charge in [0.2, 0.25) is 5.95 Å². The number of likely N-dealkylation sites (tertiary alicyclic amines) is 1. The van der Waals surface area contributed by atoms with E-state index in [0.29, 0.717) is 28.7 Å². The normalized spacial score (nSPS) is 17.0. The fourth-order valence-corrected chi connectivity index (χ4v) is 5.16. The average molecular weight is 458 g/mol. The number of nitrogens with zero attached hydrogens (tertiary/aromatic N) is 4. The Morgan fingerprint density at radius 3 is 2.74 bits per heavy atom. The quantitative estimate of drug-likeness (QED) is 0.465. The van der Waals surface area contributed by atoms with Crippen LogP contribution >= 0.6 is 0 Å². The van der Waals surface area contributed by atoms with Crippen molar-refractivity contribution in [3.8, 4) is 0 Å². The van der Waals surface area contributed by atoms with Crippen LogP contribution in [-0.4, -0.2) is 38.3 Å². The lowest BCUT2D eigenvalue weighted by molar-refractivity contribution is -0.0649. The number of hydrogen-bond acceptors (Lipinski definition) is 5. The number of fused-ring (bicyclic) bond motifs is 2. The van der Waals surface area contributed by atoms with Crippen molar-refractivity contribution in [2.45, 2.75) is 32.4 Å². The first kappa shape index (κ1) is 20.9. The van der Waals surface area contributed by atoms with Gasteiger partial charge in [-0.1, -0.05) is 18.6 Å². The van der Waals surface area contributed by atoms with Crippen molar-refractivity contribution in [2.24, 2.45) is 5.41 Å². The van der Waals surface area contributed by atoms with E-state index in [1.54, 1.807) is 30.5 Å². The zero-order valence-corrected chi connectivity index (χ0v) is 18.6. The van der Waals surface area contributed by atoms with Gasteiger partial charge in [0, 0.05) is 49.4 Å². The maximum Gasteiger partial charge on any atom is 0.270 e. The Morgan fingerprint density at radius 1 is 1.09 bits per heavy atom. The second-order valence-electron chi connectivity index (χ2n) is 9.56. The minimum Gasteiger partial charge on any atom is -0.347 e. The van der Waals surface area contributed by atoms with Gasteiger partial charge in [-0.2, -0.15) is 4.39 Å². The fraction of sp³-hybridized carbons (Fsp3) is 0.308. The molecule has 7 nitrogen and oxygen atoms in total. The zero-order valence-electron chi connectivity index (χ0n) is 18.6. The monoisotopic (exact) mass is 457 g/mol. The van der Waals surface area contributed by atoms with E-state index in [0.717, 1.165) is 24.0 Å². The van der Waals surface area contributed by atoms with E-state index in [4.69, 9.17) is 0 Å². The SMILES string of the molecule is O=C(NCc1ccc2nc(F)c(CN3CC4(CCC4)C3)cc2c1)c1cc(=O)n2ccccc2n1. The van der Waals surface area contributed by atoms with Gasteiger partial charge in [0.15, 0.2) is 0 Å². The van der Waals surface area contributed by atoms with Crippen molar-refractivity contribution in [1.29, 1.82) is 0 Å². The lowest BCUT2D eigenvalue weighted by Gasteiger charge is -2.56. The maximum atomic E-state index is 14.6. The number of benzene rings is 1. The Bertz CT molecular complexity index is 1490. The van der Waals surface area contributed by atoms with E-state index < -0.39 is 11.9 Å². The molecule has 4 heterocycles. The van der Waals surface area contributed by atoms with Crippen LogP contribution < -0.4 is 10.9 Å². The van der Waals surface area contributed by atoms with Crippen molar-refractivity contribution in [2.75, 3.05) is 13.1 Å². The predicted molar refractivity (Wildman–Crippen MR) is 126 cm³/mol. The molecule has 1 saturated carbocycles. The summed E-state index contributed by atoms with van der Waals surface area (Å²) in [4.78, 5) is 35.6. The van der Waals surface area contributed by atoms with Gasteiger partial charge in [0.1, 0.15) is 11.3 Å². The minimum atomic E-state index is -0.427. The highest BCUT2D eigenvalue weighted by Crippen LogP contribution is 2.48. The summed E-state index contributed by atoms with van der Waals surface area (Å²) in [5.74, 6) is -0.846. The number of hydrogen-bond donors (Lipinski definition) is 1. The molecule has 0 radical (unpaired) electrons. The second kappa shape index (κ2) is 7.99. The third kappa shape index (κ3) is 3.74. The molecule has 172 valence electrons. The van der Waals surface area contributed by atoms with E-state index in [9.17, 15) is 14.0 Å². The fourth-order valence-electron chi connectivity index (χ4n) is 5.16. The van der Waals surface area contributed by atoms with Crippen LogP contribution in [0.1, 0.15) is 40.9 Å². The molecule has 0 bridgehead atoms. The number of carbonyl (C=O) groups excluding carboxylic acids is 1. The highest BCUT2D eigenvalue weighted by atomic mass is 19.1. The molecule has 0 atom stereocenters. The molecular weight excluding hydrogens is 433 g/mol. The van der Waals surface area contributed by atoms with Crippen LogP contribution in [0.15, 0.2) is 59.5 Å². The van der Waals surface area contributed by atoms with E-state index in [1.165, 1.54) is 29.7 Å². The van der Waals surface area contributed by atoms with Crippen LogP contribution in [0.5, 0.6) is 0 Å². The molecule has 2 fully saturated rings. The van der Waals surface area contributed by atoms with Crippen molar-refractivity contribution in [3.63, 3.8) is 0 Å². The Balaban J connectivity index is 1.17. The number of pyridine rings is 2. The van der Waals surface area contributed by atoms with Gasteiger partial charge in [-0.25, -0.2) is 9.97 Å². The summed E-state index contributed by atoms with van der Waals surface area (Å²) in [5, 5.41) is 3.66. The summed E-state index contributed by atoms with van der Waals surface area (Å²) >= 11 is 0. The number of carbonyl (C=O) groups is 1. The van der Waals surface area contributed by atoms with Gasteiger partial charge in [0.25, 0.3) is 11.5 Å². The Kier molecular flexibility index (Phi) is 4.91. The largest absolute Gasteiger partial charge is 0.347 e. The van der Waals surface area contributed by atoms with Crippen molar-refractivity contribution < 1.29 is 9.18 Å². The molecule has 1 N–H and O–H groups in total. The summed E-state index contributed by atoms with van der Waals surface area (Å²) < 4.78 is 16.0. The standard InChI is InChI=1S/C26H24FN5O2/c27-24-19(14-31-15-26(16-31)7-3-8-26)11-18-10-17(5-6-20(18)30-24)13-28-25(34)21-12-23(33)32-9-2-1-4-22(32)29-21/h1-2,4-6,9-12H,3,7-8,13-16H2,(H,28,34). The minimum absolute atomic E-state index is 0.0711. The topological polar surface area (TPSA) is 79.6 Å². The highest BCUT2D eigenvalue weighted by molar-refractivity contribution is 5.92. The molecule has 8 heteroatoms. The second-order valence-corrected chi connectivity index (χ2v) is 9.56. The third-order valence-corrected chi connectivity index (χ3v) is 7.09. The predicted octanol–water partition coefficient (Wildman–Crippen LogP) is 3.30. The average Bonchev–Trinajstić information content (AvgIpc) is 2.78. The van der Waals surface area contributed by atoms with Crippen LogP contribution in [0.4, 0.5) is 4.39 Å². The molecule has 1 saturated heterocycles. The van der Waals surface area contributed by atoms with Crippen LogP contribution in [-0.2, 0) is 13.1 Å². The smallest absolute Gasteiger partial charge is 0.270 e. The molecule has 1 spiro atoms. The summed E-state index contributed by atoms with van der Waals surface area (Å²) in [5.41, 5.74) is 2.71. The molecule has 1 aromatic carbocycles. The van der Waals surface area contributed by atoms with Gasteiger partial charge >= 0.3 is 0 Å². The lowest BCUT2D eigenvalue weighted by atomic mass is 9.63. The number of aromatic nitrogens is 3.